The van der Waals surface area contributed by atoms with E-state index in [0.29, 0.717) is 45.5 Å². The van der Waals surface area contributed by atoms with Gasteiger partial charge in [0.25, 0.3) is 0 Å². The number of carbonyl (C=O) groups excluding carboxylic acids is 3. The summed E-state index contributed by atoms with van der Waals surface area (Å²) in [5.41, 5.74) is 1.45. The molecule has 2 heterocycles. The molecule has 2 N–H and O–H groups in total. The van der Waals surface area contributed by atoms with Gasteiger partial charge in [-0.05, 0) is 57.4 Å². The third kappa shape index (κ3) is 8.24. The number of hydrogen-bond acceptors (Lipinski definition) is 6. The maximum Gasteiger partial charge on any atom is 0.410 e. The van der Waals surface area contributed by atoms with Gasteiger partial charge in [0.1, 0.15) is 11.4 Å². The molecule has 0 radical (unpaired) electrons. The molecule has 33 heavy (non-hydrogen) atoms. The standard InChI is InChI=1S/C24H36N4O5/c1-24(2,3)33-23(31)28-14-12-27(13-15-28)11-10-25-21(29)5-4-16-32-19-7-8-20-18(17-19)6-9-22(30)26-20/h7-8,17H,4-6,9-16H2,1-3H3,(H,25,29)(H,26,30). The first-order chi connectivity index (χ1) is 15.7. The van der Waals surface area contributed by atoms with Crippen molar-refractivity contribution in [1.29, 1.82) is 0 Å². The molecule has 3 rings (SSSR count). The fourth-order valence-electron chi connectivity index (χ4n) is 3.79. The second-order valence-electron chi connectivity index (χ2n) is 9.48. The highest BCUT2D eigenvalue weighted by molar-refractivity contribution is 5.94. The van der Waals surface area contributed by atoms with Crippen LogP contribution in [-0.2, 0) is 20.7 Å². The number of aryl methyl sites for hydroxylation is 1. The van der Waals surface area contributed by atoms with Gasteiger partial charge in [-0.15, -0.1) is 0 Å². The topological polar surface area (TPSA) is 100 Å². The lowest BCUT2D eigenvalue weighted by atomic mass is 10.0. The molecular formula is C24H36N4O5. The molecule has 1 aromatic rings. The number of hydrogen-bond donors (Lipinski definition) is 2. The number of rotatable bonds is 8. The monoisotopic (exact) mass is 460 g/mol. The van der Waals surface area contributed by atoms with Crippen LogP contribution in [0.3, 0.4) is 0 Å². The Morgan fingerprint density at radius 2 is 1.88 bits per heavy atom. The lowest BCUT2D eigenvalue weighted by Crippen LogP contribution is -2.51. The van der Waals surface area contributed by atoms with E-state index in [1.165, 1.54) is 0 Å². The van der Waals surface area contributed by atoms with Crippen LogP contribution in [0.4, 0.5) is 10.5 Å². The van der Waals surface area contributed by atoms with Crippen molar-refractivity contribution in [2.45, 2.75) is 52.1 Å². The summed E-state index contributed by atoms with van der Waals surface area (Å²) in [6, 6.07) is 5.66. The number of nitrogens with zero attached hydrogens (tertiary/aromatic N) is 2. The van der Waals surface area contributed by atoms with Crippen LogP contribution in [0.15, 0.2) is 18.2 Å². The quantitative estimate of drug-likeness (QED) is 0.578. The molecule has 1 fully saturated rings. The van der Waals surface area contributed by atoms with Gasteiger partial charge in [-0.2, -0.15) is 0 Å². The number of piperazine rings is 1. The zero-order chi connectivity index (χ0) is 23.8. The zero-order valence-corrected chi connectivity index (χ0v) is 19.9. The normalized spacial score (nSPS) is 16.6. The van der Waals surface area contributed by atoms with Crippen molar-refractivity contribution in [3.8, 4) is 5.75 Å². The van der Waals surface area contributed by atoms with Gasteiger partial charge in [0.05, 0.1) is 6.61 Å². The van der Waals surface area contributed by atoms with E-state index < -0.39 is 5.60 Å². The summed E-state index contributed by atoms with van der Waals surface area (Å²) in [5, 5.41) is 5.81. The van der Waals surface area contributed by atoms with Crippen LogP contribution >= 0.6 is 0 Å². The lowest BCUT2D eigenvalue weighted by Gasteiger charge is -2.35. The molecule has 2 aliphatic heterocycles. The van der Waals surface area contributed by atoms with Crippen LogP contribution in [0.2, 0.25) is 0 Å². The minimum absolute atomic E-state index is 0.0131. The van der Waals surface area contributed by atoms with Crippen molar-refractivity contribution in [3.05, 3.63) is 23.8 Å². The lowest BCUT2D eigenvalue weighted by molar-refractivity contribution is -0.121. The SMILES string of the molecule is CC(C)(C)OC(=O)N1CCN(CCNC(=O)CCCOc2ccc3c(c2)CCC(=O)N3)CC1. The second-order valence-corrected chi connectivity index (χ2v) is 9.48. The molecule has 1 saturated heterocycles. The third-order valence-electron chi connectivity index (χ3n) is 5.56. The zero-order valence-electron chi connectivity index (χ0n) is 19.9. The Hall–Kier alpha value is -2.81. The first-order valence-corrected chi connectivity index (χ1v) is 11.7. The Morgan fingerprint density at radius 3 is 2.61 bits per heavy atom. The highest BCUT2D eigenvalue weighted by Crippen LogP contribution is 2.26. The minimum atomic E-state index is -0.483. The van der Waals surface area contributed by atoms with Crippen molar-refractivity contribution in [3.63, 3.8) is 0 Å². The van der Waals surface area contributed by atoms with Crippen LogP contribution in [0.5, 0.6) is 5.75 Å². The predicted octanol–water partition coefficient (Wildman–Crippen LogP) is 2.40. The first-order valence-electron chi connectivity index (χ1n) is 11.7. The summed E-state index contributed by atoms with van der Waals surface area (Å²) in [6.07, 6.45) is 1.99. The number of amides is 3. The van der Waals surface area contributed by atoms with Gasteiger partial charge in [0.15, 0.2) is 0 Å². The Balaban J connectivity index is 1.24. The van der Waals surface area contributed by atoms with Crippen molar-refractivity contribution in [1.82, 2.24) is 15.1 Å². The maximum atomic E-state index is 12.1. The van der Waals surface area contributed by atoms with Crippen LogP contribution in [0.1, 0.15) is 45.6 Å². The molecule has 0 bridgehead atoms. The fraction of sp³-hybridized carbons (Fsp3) is 0.625. The maximum absolute atomic E-state index is 12.1. The highest BCUT2D eigenvalue weighted by Gasteiger charge is 2.25. The second kappa shape index (κ2) is 11.4. The molecule has 0 unspecified atom stereocenters. The number of carbonyl (C=O) groups is 3. The van der Waals surface area contributed by atoms with Crippen molar-refractivity contribution >= 4 is 23.6 Å². The number of ether oxygens (including phenoxy) is 2. The van der Waals surface area contributed by atoms with Gasteiger partial charge < -0.3 is 25.0 Å². The van der Waals surface area contributed by atoms with Gasteiger partial charge in [-0.3, -0.25) is 14.5 Å². The van der Waals surface area contributed by atoms with E-state index in [1.54, 1.807) is 4.90 Å². The summed E-state index contributed by atoms with van der Waals surface area (Å²) in [5.74, 6) is 0.820. The predicted molar refractivity (Wildman–Crippen MR) is 125 cm³/mol. The Morgan fingerprint density at radius 1 is 1.12 bits per heavy atom. The number of anilines is 1. The smallest absolute Gasteiger partial charge is 0.410 e. The molecule has 3 amide bonds. The van der Waals surface area contributed by atoms with Crippen LogP contribution < -0.4 is 15.4 Å². The number of nitrogens with one attached hydrogen (secondary N) is 2. The van der Waals surface area contributed by atoms with E-state index in [0.717, 1.165) is 43.1 Å². The molecule has 0 spiro atoms. The van der Waals surface area contributed by atoms with Gasteiger partial charge in [-0.25, -0.2) is 4.79 Å². The van der Waals surface area contributed by atoms with E-state index in [2.05, 4.69) is 15.5 Å². The first kappa shape index (κ1) is 24.8. The summed E-state index contributed by atoms with van der Waals surface area (Å²) in [4.78, 5) is 39.6. The van der Waals surface area contributed by atoms with E-state index in [9.17, 15) is 14.4 Å². The molecule has 0 aromatic heterocycles. The van der Waals surface area contributed by atoms with Crippen LogP contribution in [0, 0.1) is 0 Å². The average molecular weight is 461 g/mol. The molecule has 182 valence electrons. The van der Waals surface area contributed by atoms with Crippen molar-refractivity contribution < 1.29 is 23.9 Å². The van der Waals surface area contributed by atoms with Gasteiger partial charge in [-0.1, -0.05) is 0 Å². The number of benzene rings is 1. The molecular weight excluding hydrogens is 424 g/mol. The molecule has 1 aromatic carbocycles. The summed E-state index contributed by atoms with van der Waals surface area (Å²) < 4.78 is 11.2. The van der Waals surface area contributed by atoms with Crippen LogP contribution in [0.25, 0.3) is 0 Å². The number of fused-ring (bicyclic) bond motifs is 1. The van der Waals surface area contributed by atoms with Gasteiger partial charge in [0.2, 0.25) is 11.8 Å². The van der Waals surface area contributed by atoms with E-state index in [4.69, 9.17) is 9.47 Å². The molecule has 0 atom stereocenters. The summed E-state index contributed by atoms with van der Waals surface area (Å²) >= 11 is 0. The summed E-state index contributed by atoms with van der Waals surface area (Å²) in [6.45, 7) is 10.2. The molecule has 0 saturated carbocycles. The Bertz CT molecular complexity index is 844. The van der Waals surface area contributed by atoms with E-state index in [1.807, 2.05) is 39.0 Å². The Kier molecular flexibility index (Phi) is 8.55. The highest BCUT2D eigenvalue weighted by atomic mass is 16.6. The Labute approximate surface area is 195 Å². The largest absolute Gasteiger partial charge is 0.494 e. The van der Waals surface area contributed by atoms with E-state index >= 15 is 0 Å². The van der Waals surface area contributed by atoms with Crippen LogP contribution in [-0.4, -0.2) is 79.2 Å². The van der Waals surface area contributed by atoms with Gasteiger partial charge in [0, 0.05) is 57.8 Å². The van der Waals surface area contributed by atoms with E-state index in [-0.39, 0.29) is 17.9 Å². The van der Waals surface area contributed by atoms with Gasteiger partial charge >= 0.3 is 6.09 Å². The minimum Gasteiger partial charge on any atom is -0.494 e. The molecule has 9 heteroatoms. The molecule has 9 nitrogen and oxygen atoms in total. The average Bonchev–Trinajstić information content (AvgIpc) is 2.76. The molecule has 2 aliphatic rings. The fourth-order valence-corrected chi connectivity index (χ4v) is 3.79. The third-order valence-corrected chi connectivity index (χ3v) is 5.56. The van der Waals surface area contributed by atoms with Crippen molar-refractivity contribution in [2.75, 3.05) is 51.2 Å². The van der Waals surface area contributed by atoms with Crippen molar-refractivity contribution in [2.24, 2.45) is 0 Å². The molecule has 0 aliphatic carbocycles. The summed E-state index contributed by atoms with van der Waals surface area (Å²) in [7, 11) is 0.